The van der Waals surface area contributed by atoms with Crippen molar-refractivity contribution in [1.82, 2.24) is 10.9 Å². The van der Waals surface area contributed by atoms with Gasteiger partial charge in [0.1, 0.15) is 5.75 Å². The Morgan fingerprint density at radius 1 is 1.00 bits per heavy atom. The molecule has 0 saturated heterocycles. The second kappa shape index (κ2) is 16.6. The molecule has 0 bridgehead atoms. The van der Waals surface area contributed by atoms with Gasteiger partial charge in [0.15, 0.2) is 11.6 Å². The number of aliphatic hydroxyl groups is 1. The molecule has 47 heavy (non-hydrogen) atoms. The predicted octanol–water partition coefficient (Wildman–Crippen LogP) is 7.15. The molecule has 0 saturated carbocycles. The smallest absolute Gasteiger partial charge is 0.266 e. The summed E-state index contributed by atoms with van der Waals surface area (Å²) in [6.45, 7) is 1.01. The number of benzene rings is 4. The maximum atomic E-state index is 14.5. The predicted molar refractivity (Wildman–Crippen MR) is 188 cm³/mol. The maximum absolute atomic E-state index is 14.5. The molecule has 3 N–H and O–H groups in total. The summed E-state index contributed by atoms with van der Waals surface area (Å²) in [5, 5.41) is 12.9. The number of hydrogen-bond donors (Lipinski definition) is 3. The fraction of sp³-hybridized carbons (Fsp3) is 0.257. The summed E-state index contributed by atoms with van der Waals surface area (Å²) in [5.41, 5.74) is 17.8. The first-order valence-corrected chi connectivity index (χ1v) is 16.7. The summed E-state index contributed by atoms with van der Waals surface area (Å²) in [5.74, 6) is 0.573. The summed E-state index contributed by atoms with van der Waals surface area (Å²) < 4.78 is 14.2. The molecule has 10 nitrogen and oxygen atoms in total. The van der Waals surface area contributed by atoms with Crippen LogP contribution in [0.4, 0.5) is 0 Å². The Labute approximate surface area is 290 Å². The van der Waals surface area contributed by atoms with Gasteiger partial charge in [0.2, 0.25) is 5.90 Å². The molecule has 1 amide bonds. The van der Waals surface area contributed by atoms with E-state index in [1.54, 1.807) is 12.1 Å². The highest BCUT2D eigenvalue weighted by atomic mass is 79.9. The zero-order chi connectivity index (χ0) is 33.1. The molecule has 0 aromatic heterocycles. The van der Waals surface area contributed by atoms with Gasteiger partial charge in [-0.15, -0.1) is 0 Å². The standard InChI is InChI=1S/C35H34Br2N6O4/c36-28-14-10-24(11-15-28)18-19-39-42-34(45)35(22-26-6-2-4-9-31(26)37)32(30-8-3-1-7-27(30)23-40-43-38)47-33(41-35)25-12-16-29(17-13-25)46-21-5-20-44/h1-4,6-17,32,39,44H,5,18-23H2,(H,42,45)/t32-,35-/m0/s1. The Morgan fingerprint density at radius 3 is 2.45 bits per heavy atom. The number of nitrogens with zero attached hydrogens (tertiary/aromatic N) is 4. The molecular weight excluding hydrogens is 728 g/mol. The first kappa shape index (κ1) is 34.2. The molecule has 2 atom stereocenters. The van der Waals surface area contributed by atoms with Gasteiger partial charge < -0.3 is 14.6 Å². The number of hydrazine groups is 1. The van der Waals surface area contributed by atoms with Crippen LogP contribution in [0, 0.1) is 0 Å². The Morgan fingerprint density at radius 2 is 1.72 bits per heavy atom. The van der Waals surface area contributed by atoms with Gasteiger partial charge in [0, 0.05) is 45.4 Å². The number of carbonyl (C=O) groups is 1. The first-order valence-electron chi connectivity index (χ1n) is 15.1. The van der Waals surface area contributed by atoms with E-state index in [0.29, 0.717) is 48.8 Å². The van der Waals surface area contributed by atoms with Crippen LogP contribution in [0.2, 0.25) is 0 Å². The van der Waals surface area contributed by atoms with Crippen molar-refractivity contribution in [3.63, 3.8) is 0 Å². The summed E-state index contributed by atoms with van der Waals surface area (Å²) in [6, 6.07) is 30.5. The van der Waals surface area contributed by atoms with Crippen LogP contribution in [0.1, 0.15) is 40.3 Å². The van der Waals surface area contributed by atoms with Crippen LogP contribution in [0.15, 0.2) is 116 Å². The Hall–Kier alpha value is -4.19. The van der Waals surface area contributed by atoms with Crippen molar-refractivity contribution < 1.29 is 19.4 Å². The van der Waals surface area contributed by atoms with Gasteiger partial charge in [-0.05, 0) is 76.7 Å². The maximum Gasteiger partial charge on any atom is 0.266 e. The molecular formula is C35H34Br2N6O4. The van der Waals surface area contributed by atoms with E-state index in [4.69, 9.17) is 25.1 Å². The Bertz CT molecular complexity index is 1750. The monoisotopic (exact) mass is 760 g/mol. The van der Waals surface area contributed by atoms with Crippen molar-refractivity contribution in [2.75, 3.05) is 19.8 Å². The minimum Gasteiger partial charge on any atom is -0.494 e. The lowest BCUT2D eigenvalue weighted by molar-refractivity contribution is -0.130. The summed E-state index contributed by atoms with van der Waals surface area (Å²) >= 11 is 7.13. The van der Waals surface area contributed by atoms with Crippen molar-refractivity contribution in [1.29, 1.82) is 0 Å². The third-order valence-electron chi connectivity index (χ3n) is 7.74. The van der Waals surface area contributed by atoms with Crippen molar-refractivity contribution in [3.8, 4) is 5.75 Å². The number of aliphatic imine (C=N–C) groups is 1. The van der Waals surface area contributed by atoms with E-state index in [2.05, 4.69) is 52.7 Å². The van der Waals surface area contributed by atoms with Gasteiger partial charge in [0.25, 0.3) is 5.91 Å². The van der Waals surface area contributed by atoms with Crippen LogP contribution in [0.3, 0.4) is 0 Å². The van der Waals surface area contributed by atoms with E-state index in [0.717, 1.165) is 25.6 Å². The fourth-order valence-corrected chi connectivity index (χ4v) is 6.03. The minimum atomic E-state index is -1.45. The summed E-state index contributed by atoms with van der Waals surface area (Å²) in [4.78, 5) is 22.6. The number of nitrogens with one attached hydrogen (secondary N) is 2. The van der Waals surface area contributed by atoms with Gasteiger partial charge in [-0.25, -0.2) is 10.4 Å². The molecule has 1 aliphatic heterocycles. The molecule has 0 spiro atoms. The van der Waals surface area contributed by atoms with Crippen molar-refractivity contribution >= 4 is 43.7 Å². The highest BCUT2D eigenvalue weighted by Crippen LogP contribution is 2.44. The molecule has 4 aromatic carbocycles. The van der Waals surface area contributed by atoms with Crippen LogP contribution in [0.25, 0.3) is 10.4 Å². The number of hydrogen-bond acceptors (Lipinski definition) is 7. The molecule has 1 aliphatic rings. The minimum absolute atomic E-state index is 0.0477. The molecule has 0 unspecified atom stereocenters. The average molecular weight is 763 g/mol. The van der Waals surface area contributed by atoms with Crippen LogP contribution in [-0.4, -0.2) is 42.2 Å². The van der Waals surface area contributed by atoms with E-state index in [1.165, 1.54) is 0 Å². The van der Waals surface area contributed by atoms with Crippen molar-refractivity contribution in [3.05, 3.63) is 144 Å². The highest BCUT2D eigenvalue weighted by molar-refractivity contribution is 9.10. The lowest BCUT2D eigenvalue weighted by atomic mass is 9.80. The molecule has 12 heteroatoms. The summed E-state index contributed by atoms with van der Waals surface area (Å²) in [7, 11) is 0. The van der Waals surface area contributed by atoms with Gasteiger partial charge in [-0.3, -0.25) is 10.2 Å². The number of amides is 1. The number of carbonyl (C=O) groups excluding carboxylic acids is 1. The normalized spacial score (nSPS) is 16.9. The second-order valence-corrected chi connectivity index (χ2v) is 12.7. The van der Waals surface area contributed by atoms with Crippen LogP contribution < -0.4 is 15.6 Å². The SMILES string of the molecule is [N-]=[N+]=NCc1ccccc1[C@@H]1OC(c2ccc(OCCCO)cc2)=N[C@]1(Cc1ccccc1Br)C(=O)NNCCc1ccc(Br)cc1. The van der Waals surface area contributed by atoms with Gasteiger partial charge in [-0.1, -0.05) is 91.6 Å². The molecule has 0 radical (unpaired) electrons. The average Bonchev–Trinajstić information content (AvgIpc) is 3.48. The zero-order valence-corrected chi connectivity index (χ0v) is 28.7. The highest BCUT2D eigenvalue weighted by Gasteiger charge is 2.54. The van der Waals surface area contributed by atoms with E-state index in [9.17, 15) is 4.79 Å². The van der Waals surface area contributed by atoms with Crippen molar-refractivity contribution in [2.45, 2.75) is 37.5 Å². The lowest BCUT2D eigenvalue weighted by Crippen LogP contribution is -2.54. The third kappa shape index (κ3) is 8.59. The van der Waals surface area contributed by atoms with Crippen molar-refractivity contribution in [2.24, 2.45) is 10.1 Å². The molecule has 4 aromatic rings. The van der Waals surface area contributed by atoms with Gasteiger partial charge >= 0.3 is 0 Å². The van der Waals surface area contributed by atoms with Crippen LogP contribution >= 0.6 is 31.9 Å². The number of ether oxygens (including phenoxy) is 2. The topological polar surface area (TPSA) is 141 Å². The first-order chi connectivity index (χ1) is 22.9. The largest absolute Gasteiger partial charge is 0.494 e. The van der Waals surface area contributed by atoms with Gasteiger partial charge in [0.05, 0.1) is 13.2 Å². The number of aliphatic hydroxyl groups excluding tert-OH is 1. The molecule has 1 heterocycles. The number of azide groups is 1. The van der Waals surface area contributed by atoms with Gasteiger partial charge in [-0.2, -0.15) is 0 Å². The molecule has 0 aliphatic carbocycles. The van der Waals surface area contributed by atoms with E-state index >= 15 is 0 Å². The quantitative estimate of drug-likeness (QED) is 0.0388. The fourth-order valence-electron chi connectivity index (χ4n) is 5.34. The third-order valence-corrected chi connectivity index (χ3v) is 9.05. The Kier molecular flexibility index (Phi) is 12.0. The molecule has 5 rings (SSSR count). The Balaban J connectivity index is 1.53. The molecule has 0 fully saturated rings. The van der Waals surface area contributed by atoms with Crippen LogP contribution in [-0.2, 0) is 28.9 Å². The van der Waals surface area contributed by atoms with E-state index in [-0.39, 0.29) is 25.5 Å². The summed E-state index contributed by atoms with van der Waals surface area (Å²) in [6.07, 6.45) is 0.573. The van der Waals surface area contributed by atoms with E-state index < -0.39 is 11.6 Å². The zero-order valence-electron chi connectivity index (χ0n) is 25.5. The second-order valence-electron chi connectivity index (χ2n) is 10.9. The number of rotatable bonds is 15. The van der Waals surface area contributed by atoms with Crippen LogP contribution in [0.5, 0.6) is 5.75 Å². The lowest BCUT2D eigenvalue weighted by Gasteiger charge is -2.32. The molecule has 242 valence electrons. The number of halogens is 2. The van der Waals surface area contributed by atoms with E-state index in [1.807, 2.05) is 84.9 Å².